The van der Waals surface area contributed by atoms with Crippen molar-refractivity contribution in [3.8, 4) is 0 Å². The van der Waals surface area contributed by atoms with E-state index in [4.69, 9.17) is 4.74 Å². The van der Waals surface area contributed by atoms with Crippen molar-refractivity contribution in [2.45, 2.75) is 12.8 Å². The standard InChI is InChI=1S/C9H18F2N2O/c10-9(11)8-14-7-6-13-4-1-2-12-3-5-13/h9,12H,1-8H2. The zero-order valence-corrected chi connectivity index (χ0v) is 8.35. The zero-order valence-electron chi connectivity index (χ0n) is 8.35. The molecule has 0 bridgehead atoms. The van der Waals surface area contributed by atoms with Crippen LogP contribution in [-0.2, 0) is 4.74 Å². The number of nitrogens with zero attached hydrogens (tertiary/aromatic N) is 1. The van der Waals surface area contributed by atoms with Crippen molar-refractivity contribution < 1.29 is 13.5 Å². The summed E-state index contributed by atoms with van der Waals surface area (Å²) >= 11 is 0. The third kappa shape index (κ3) is 5.47. The predicted molar refractivity (Wildman–Crippen MR) is 50.7 cm³/mol. The molecule has 0 unspecified atom stereocenters. The maximum Gasteiger partial charge on any atom is 0.261 e. The Morgan fingerprint density at radius 2 is 2.14 bits per heavy atom. The maximum atomic E-state index is 11.7. The Kier molecular flexibility index (Phi) is 5.98. The van der Waals surface area contributed by atoms with Gasteiger partial charge in [-0.3, -0.25) is 4.90 Å². The van der Waals surface area contributed by atoms with Crippen LogP contribution in [0.15, 0.2) is 0 Å². The Bertz CT molecular complexity index is 139. The summed E-state index contributed by atoms with van der Waals surface area (Å²) in [7, 11) is 0. The number of rotatable bonds is 5. The van der Waals surface area contributed by atoms with E-state index in [1.165, 1.54) is 0 Å². The number of hydrogen-bond donors (Lipinski definition) is 1. The van der Waals surface area contributed by atoms with Crippen LogP contribution in [0.2, 0.25) is 0 Å². The highest BCUT2D eigenvalue weighted by atomic mass is 19.3. The van der Waals surface area contributed by atoms with Gasteiger partial charge in [-0.15, -0.1) is 0 Å². The van der Waals surface area contributed by atoms with Crippen molar-refractivity contribution in [2.24, 2.45) is 0 Å². The van der Waals surface area contributed by atoms with Gasteiger partial charge in [-0.2, -0.15) is 0 Å². The molecule has 0 aromatic heterocycles. The van der Waals surface area contributed by atoms with Crippen molar-refractivity contribution in [1.29, 1.82) is 0 Å². The number of nitrogens with one attached hydrogen (secondary N) is 1. The molecule has 3 nitrogen and oxygen atoms in total. The highest BCUT2D eigenvalue weighted by Gasteiger charge is 2.08. The molecule has 0 aromatic rings. The van der Waals surface area contributed by atoms with E-state index in [1.54, 1.807) is 0 Å². The van der Waals surface area contributed by atoms with Crippen LogP contribution in [0.25, 0.3) is 0 Å². The largest absolute Gasteiger partial charge is 0.374 e. The van der Waals surface area contributed by atoms with Gasteiger partial charge in [-0.25, -0.2) is 8.78 Å². The predicted octanol–water partition coefficient (Wildman–Crippen LogP) is 0.563. The molecule has 0 aromatic carbocycles. The molecule has 5 heteroatoms. The number of halogens is 2. The number of ether oxygens (including phenoxy) is 1. The molecule has 1 aliphatic rings. The molecule has 0 saturated carbocycles. The van der Waals surface area contributed by atoms with E-state index in [2.05, 4.69) is 10.2 Å². The van der Waals surface area contributed by atoms with Crippen LogP contribution in [0.1, 0.15) is 6.42 Å². The Morgan fingerprint density at radius 3 is 2.93 bits per heavy atom. The molecule has 1 N–H and O–H groups in total. The summed E-state index contributed by atoms with van der Waals surface area (Å²) in [5.41, 5.74) is 0. The lowest BCUT2D eigenvalue weighted by molar-refractivity contribution is 0.0103. The Labute approximate surface area is 83.4 Å². The third-order valence-corrected chi connectivity index (χ3v) is 2.23. The number of hydrogen-bond acceptors (Lipinski definition) is 3. The Balaban J connectivity index is 1.99. The fraction of sp³-hybridized carbons (Fsp3) is 1.00. The van der Waals surface area contributed by atoms with E-state index in [1.807, 2.05) is 0 Å². The molecule has 0 amide bonds. The average Bonchev–Trinajstić information content (AvgIpc) is 2.40. The van der Waals surface area contributed by atoms with E-state index in [-0.39, 0.29) is 0 Å². The summed E-state index contributed by atoms with van der Waals surface area (Å²) in [6.45, 7) is 4.77. The van der Waals surface area contributed by atoms with E-state index in [9.17, 15) is 8.78 Å². The first kappa shape index (κ1) is 11.8. The quantitative estimate of drug-likeness (QED) is 0.668. The van der Waals surface area contributed by atoms with E-state index in [0.29, 0.717) is 6.61 Å². The Hall–Kier alpha value is -0.260. The smallest absolute Gasteiger partial charge is 0.261 e. The lowest BCUT2D eigenvalue weighted by Crippen LogP contribution is -2.31. The lowest BCUT2D eigenvalue weighted by Gasteiger charge is -2.18. The second kappa shape index (κ2) is 7.09. The van der Waals surface area contributed by atoms with E-state index in [0.717, 1.165) is 39.1 Å². The van der Waals surface area contributed by atoms with Crippen LogP contribution in [0.3, 0.4) is 0 Å². The van der Waals surface area contributed by atoms with Gasteiger partial charge in [0.15, 0.2) is 0 Å². The minimum Gasteiger partial charge on any atom is -0.374 e. The summed E-state index contributed by atoms with van der Waals surface area (Å²) in [6.07, 6.45) is -1.23. The average molecular weight is 208 g/mol. The molecule has 14 heavy (non-hydrogen) atoms. The van der Waals surface area contributed by atoms with Gasteiger partial charge in [-0.05, 0) is 19.5 Å². The van der Waals surface area contributed by atoms with Gasteiger partial charge in [-0.1, -0.05) is 0 Å². The molecule has 0 radical (unpaired) electrons. The first-order valence-corrected chi connectivity index (χ1v) is 5.08. The summed E-state index contributed by atoms with van der Waals surface area (Å²) in [6, 6.07) is 0. The van der Waals surface area contributed by atoms with Crippen molar-refractivity contribution in [3.05, 3.63) is 0 Å². The Morgan fingerprint density at radius 1 is 1.29 bits per heavy atom. The van der Waals surface area contributed by atoms with Gasteiger partial charge in [0.05, 0.1) is 6.61 Å². The van der Waals surface area contributed by atoms with Gasteiger partial charge in [0.25, 0.3) is 6.43 Å². The van der Waals surface area contributed by atoms with Gasteiger partial charge in [0.2, 0.25) is 0 Å². The van der Waals surface area contributed by atoms with Crippen molar-refractivity contribution in [2.75, 3.05) is 45.9 Å². The molecular formula is C9H18F2N2O. The highest BCUT2D eigenvalue weighted by molar-refractivity contribution is 4.65. The molecule has 1 rings (SSSR count). The van der Waals surface area contributed by atoms with Crippen LogP contribution in [0, 0.1) is 0 Å². The second-order valence-corrected chi connectivity index (χ2v) is 3.41. The molecule has 1 saturated heterocycles. The van der Waals surface area contributed by atoms with E-state index < -0.39 is 13.0 Å². The lowest BCUT2D eigenvalue weighted by atomic mass is 10.4. The topological polar surface area (TPSA) is 24.5 Å². The fourth-order valence-corrected chi connectivity index (χ4v) is 1.49. The zero-order chi connectivity index (χ0) is 10.2. The maximum absolute atomic E-state index is 11.7. The van der Waals surface area contributed by atoms with Crippen LogP contribution in [-0.4, -0.2) is 57.3 Å². The summed E-state index contributed by atoms with van der Waals surface area (Å²) < 4.78 is 28.3. The van der Waals surface area contributed by atoms with Gasteiger partial charge in [0, 0.05) is 19.6 Å². The summed E-state index contributed by atoms with van der Waals surface area (Å²) in [5, 5.41) is 3.28. The van der Waals surface area contributed by atoms with Crippen molar-refractivity contribution in [1.82, 2.24) is 10.2 Å². The summed E-state index contributed by atoms with van der Waals surface area (Å²) in [5.74, 6) is 0. The molecular weight excluding hydrogens is 190 g/mol. The molecule has 0 atom stereocenters. The van der Waals surface area contributed by atoms with Crippen LogP contribution >= 0.6 is 0 Å². The molecule has 1 heterocycles. The molecule has 0 aliphatic carbocycles. The first-order chi connectivity index (χ1) is 6.79. The highest BCUT2D eigenvalue weighted by Crippen LogP contribution is 1.96. The SMILES string of the molecule is FC(F)COCCN1CCCNCC1. The molecule has 0 spiro atoms. The van der Waals surface area contributed by atoms with Gasteiger partial charge < -0.3 is 10.1 Å². The molecule has 84 valence electrons. The molecule has 1 aliphatic heterocycles. The monoisotopic (exact) mass is 208 g/mol. The van der Waals surface area contributed by atoms with E-state index >= 15 is 0 Å². The molecule has 1 fully saturated rings. The summed E-state index contributed by atoms with van der Waals surface area (Å²) in [4.78, 5) is 2.24. The fourth-order valence-electron chi connectivity index (χ4n) is 1.49. The van der Waals surface area contributed by atoms with Crippen LogP contribution < -0.4 is 5.32 Å². The van der Waals surface area contributed by atoms with Crippen molar-refractivity contribution >= 4 is 0 Å². The minimum absolute atomic E-state index is 0.407. The first-order valence-electron chi connectivity index (χ1n) is 5.08. The van der Waals surface area contributed by atoms with Gasteiger partial charge >= 0.3 is 0 Å². The van der Waals surface area contributed by atoms with Crippen LogP contribution in [0.5, 0.6) is 0 Å². The van der Waals surface area contributed by atoms with Crippen LogP contribution in [0.4, 0.5) is 8.78 Å². The second-order valence-electron chi connectivity index (χ2n) is 3.41. The van der Waals surface area contributed by atoms with Crippen molar-refractivity contribution in [3.63, 3.8) is 0 Å². The number of alkyl halides is 2. The normalized spacial score (nSPS) is 19.9. The van der Waals surface area contributed by atoms with Gasteiger partial charge in [0.1, 0.15) is 6.61 Å². The third-order valence-electron chi connectivity index (χ3n) is 2.23. The minimum atomic E-state index is -2.35.